The largest absolute Gasteiger partial charge is 0.480 e. The van der Waals surface area contributed by atoms with E-state index < -0.39 is 35.5 Å². The van der Waals surface area contributed by atoms with Gasteiger partial charge >= 0.3 is 12.1 Å². The van der Waals surface area contributed by atoms with Gasteiger partial charge in [-0.1, -0.05) is 76.2 Å². The van der Waals surface area contributed by atoms with Gasteiger partial charge in [0.15, 0.2) is 0 Å². The zero-order valence-corrected chi connectivity index (χ0v) is 19.6. The zero-order chi connectivity index (χ0) is 24.2. The molecule has 0 bridgehead atoms. The number of carbonyl (C=O) groups excluding carboxylic acids is 2. The third-order valence-electron chi connectivity index (χ3n) is 6.01. The van der Waals surface area contributed by atoms with Crippen LogP contribution in [0.3, 0.4) is 0 Å². The van der Waals surface area contributed by atoms with Crippen molar-refractivity contribution in [2.24, 2.45) is 5.41 Å². The zero-order valence-electron chi connectivity index (χ0n) is 19.6. The first-order valence-corrected chi connectivity index (χ1v) is 11.3. The van der Waals surface area contributed by atoms with Crippen molar-refractivity contribution in [3.8, 4) is 11.1 Å². The summed E-state index contributed by atoms with van der Waals surface area (Å²) in [6, 6.07) is 14.7. The highest BCUT2D eigenvalue weighted by Gasteiger charge is 2.33. The lowest BCUT2D eigenvalue weighted by Gasteiger charge is -2.28. The summed E-state index contributed by atoms with van der Waals surface area (Å²) in [6.07, 6.45) is -0.118. The number of nitrogens with one attached hydrogen (secondary N) is 2. The highest BCUT2D eigenvalue weighted by molar-refractivity contribution is 5.85. The molecule has 1 aliphatic carbocycles. The molecule has 2 aromatic carbocycles. The number of ether oxygens (including phenoxy) is 1. The molecule has 33 heavy (non-hydrogen) atoms. The van der Waals surface area contributed by atoms with Crippen LogP contribution in [0.1, 0.15) is 57.6 Å². The average molecular weight is 453 g/mol. The van der Waals surface area contributed by atoms with Crippen molar-refractivity contribution in [2.45, 2.75) is 58.5 Å². The number of aliphatic carboxylic acids is 1. The molecule has 0 spiro atoms. The molecule has 2 aromatic rings. The molecule has 176 valence electrons. The lowest BCUT2D eigenvalue weighted by Crippen LogP contribution is -2.50. The minimum Gasteiger partial charge on any atom is -0.480 e. The number of fused-ring (bicyclic) bond motifs is 3. The van der Waals surface area contributed by atoms with Crippen LogP contribution in [0.2, 0.25) is 0 Å². The predicted molar refractivity (Wildman–Crippen MR) is 126 cm³/mol. The first-order valence-electron chi connectivity index (χ1n) is 11.3. The maximum Gasteiger partial charge on any atom is 0.407 e. The van der Waals surface area contributed by atoms with E-state index in [0.29, 0.717) is 6.42 Å². The standard InChI is InChI=1S/C26H32N2O5/c1-5-16(14-22(29)28-23(24(30)31)26(2,3)4)27-25(32)33-15-21-19-12-8-6-10-17(19)18-11-7-9-13-20(18)21/h6-13,16,21,23H,5,14-15H2,1-4H3,(H,27,32)(H,28,29)(H,30,31)/t16-,23?/m0/s1. The van der Waals surface area contributed by atoms with E-state index in [-0.39, 0.29) is 18.9 Å². The minimum atomic E-state index is -1.09. The quantitative estimate of drug-likeness (QED) is 0.554. The highest BCUT2D eigenvalue weighted by atomic mass is 16.5. The van der Waals surface area contributed by atoms with Crippen LogP contribution in [0.25, 0.3) is 11.1 Å². The monoisotopic (exact) mass is 452 g/mol. The Morgan fingerprint density at radius 1 is 0.970 bits per heavy atom. The Bertz CT molecular complexity index is 982. The number of carbonyl (C=O) groups is 3. The maximum atomic E-state index is 12.5. The first kappa shape index (κ1) is 24.3. The summed E-state index contributed by atoms with van der Waals surface area (Å²) in [6.45, 7) is 7.28. The van der Waals surface area contributed by atoms with E-state index in [1.165, 1.54) is 0 Å². The molecule has 0 heterocycles. The molecule has 0 saturated heterocycles. The van der Waals surface area contributed by atoms with Crippen molar-refractivity contribution in [2.75, 3.05) is 6.61 Å². The Labute approximate surface area is 194 Å². The summed E-state index contributed by atoms with van der Waals surface area (Å²) >= 11 is 0. The SMILES string of the molecule is CC[C@@H](CC(=O)NC(C(=O)O)C(C)(C)C)NC(=O)OCC1c2ccccc2-c2ccccc21. The molecular weight excluding hydrogens is 420 g/mol. The van der Waals surface area contributed by atoms with E-state index in [1.54, 1.807) is 20.8 Å². The van der Waals surface area contributed by atoms with Gasteiger partial charge in [-0.25, -0.2) is 9.59 Å². The van der Waals surface area contributed by atoms with Gasteiger partial charge in [0.05, 0.1) is 0 Å². The number of amides is 2. The van der Waals surface area contributed by atoms with Gasteiger partial charge in [0, 0.05) is 18.4 Å². The summed E-state index contributed by atoms with van der Waals surface area (Å²) in [7, 11) is 0. The second kappa shape index (κ2) is 10.1. The molecular formula is C26H32N2O5. The molecule has 1 unspecified atom stereocenters. The molecule has 0 aliphatic heterocycles. The lowest BCUT2D eigenvalue weighted by molar-refractivity contribution is -0.145. The van der Waals surface area contributed by atoms with Gasteiger partial charge in [-0.3, -0.25) is 4.79 Å². The normalized spacial score (nSPS) is 14.5. The fraction of sp³-hybridized carbons (Fsp3) is 0.423. The van der Waals surface area contributed by atoms with Crippen molar-refractivity contribution in [3.63, 3.8) is 0 Å². The predicted octanol–water partition coefficient (Wildman–Crippen LogP) is 4.31. The van der Waals surface area contributed by atoms with Gasteiger partial charge < -0.3 is 20.5 Å². The summed E-state index contributed by atoms with van der Waals surface area (Å²) in [5.41, 5.74) is 3.91. The Morgan fingerprint density at radius 3 is 2.00 bits per heavy atom. The molecule has 3 rings (SSSR count). The van der Waals surface area contributed by atoms with Crippen molar-refractivity contribution in [1.29, 1.82) is 0 Å². The Balaban J connectivity index is 1.58. The van der Waals surface area contributed by atoms with Gasteiger partial charge in [-0.15, -0.1) is 0 Å². The number of benzene rings is 2. The second-order valence-electron chi connectivity index (χ2n) is 9.48. The van der Waals surface area contributed by atoms with Crippen LogP contribution < -0.4 is 10.6 Å². The molecule has 3 N–H and O–H groups in total. The van der Waals surface area contributed by atoms with Crippen LogP contribution in [-0.4, -0.2) is 41.8 Å². The summed E-state index contributed by atoms with van der Waals surface area (Å²) in [5.74, 6) is -1.56. The number of alkyl carbamates (subject to hydrolysis) is 1. The molecule has 7 nitrogen and oxygen atoms in total. The molecule has 1 aliphatic rings. The third-order valence-corrected chi connectivity index (χ3v) is 6.01. The minimum absolute atomic E-state index is 0.0272. The van der Waals surface area contributed by atoms with Crippen LogP contribution in [-0.2, 0) is 14.3 Å². The molecule has 0 radical (unpaired) electrons. The summed E-state index contributed by atoms with van der Waals surface area (Å²) in [4.78, 5) is 36.4. The van der Waals surface area contributed by atoms with E-state index in [4.69, 9.17) is 4.74 Å². The van der Waals surface area contributed by atoms with Crippen molar-refractivity contribution in [3.05, 3.63) is 59.7 Å². The molecule has 0 saturated carbocycles. The Hall–Kier alpha value is -3.35. The van der Waals surface area contributed by atoms with Gasteiger partial charge in [0.1, 0.15) is 12.6 Å². The fourth-order valence-electron chi connectivity index (χ4n) is 4.20. The van der Waals surface area contributed by atoms with E-state index in [2.05, 4.69) is 34.9 Å². The van der Waals surface area contributed by atoms with E-state index in [1.807, 2.05) is 31.2 Å². The van der Waals surface area contributed by atoms with Crippen LogP contribution >= 0.6 is 0 Å². The van der Waals surface area contributed by atoms with Gasteiger partial charge in [-0.05, 0) is 34.1 Å². The highest BCUT2D eigenvalue weighted by Crippen LogP contribution is 2.44. The van der Waals surface area contributed by atoms with E-state index >= 15 is 0 Å². The van der Waals surface area contributed by atoms with Gasteiger partial charge in [-0.2, -0.15) is 0 Å². The van der Waals surface area contributed by atoms with E-state index in [0.717, 1.165) is 22.3 Å². The molecule has 0 aromatic heterocycles. The number of carboxylic acids is 1. The van der Waals surface area contributed by atoms with Crippen LogP contribution in [0.15, 0.2) is 48.5 Å². The third kappa shape index (κ3) is 5.72. The number of hydrogen-bond donors (Lipinski definition) is 3. The maximum absolute atomic E-state index is 12.5. The van der Waals surface area contributed by atoms with Crippen molar-refractivity contribution < 1.29 is 24.2 Å². The van der Waals surface area contributed by atoms with E-state index in [9.17, 15) is 19.5 Å². The second-order valence-corrected chi connectivity index (χ2v) is 9.48. The number of hydrogen-bond acceptors (Lipinski definition) is 4. The summed E-state index contributed by atoms with van der Waals surface area (Å²) in [5, 5.41) is 14.7. The number of rotatable bonds is 8. The number of carboxylic acid groups (broad SMARTS) is 1. The van der Waals surface area contributed by atoms with Crippen molar-refractivity contribution >= 4 is 18.0 Å². The average Bonchev–Trinajstić information content (AvgIpc) is 3.08. The lowest BCUT2D eigenvalue weighted by atomic mass is 9.86. The smallest absolute Gasteiger partial charge is 0.407 e. The topological polar surface area (TPSA) is 105 Å². The molecule has 2 amide bonds. The van der Waals surface area contributed by atoms with Crippen molar-refractivity contribution in [1.82, 2.24) is 10.6 Å². The summed E-state index contributed by atoms with van der Waals surface area (Å²) < 4.78 is 5.55. The van der Waals surface area contributed by atoms with Gasteiger partial charge in [0.2, 0.25) is 5.91 Å². The molecule has 7 heteroatoms. The Kier molecular flexibility index (Phi) is 7.41. The van der Waals surface area contributed by atoms with Crippen LogP contribution in [0.5, 0.6) is 0 Å². The fourth-order valence-corrected chi connectivity index (χ4v) is 4.20. The first-order chi connectivity index (χ1) is 15.6. The molecule has 0 fully saturated rings. The van der Waals surface area contributed by atoms with Crippen LogP contribution in [0.4, 0.5) is 4.79 Å². The Morgan fingerprint density at radius 2 is 1.52 bits per heavy atom. The van der Waals surface area contributed by atoms with Gasteiger partial charge in [0.25, 0.3) is 0 Å². The van der Waals surface area contributed by atoms with Crippen LogP contribution in [0, 0.1) is 5.41 Å². The molecule has 2 atom stereocenters.